The number of aromatic nitrogens is 4. The summed E-state index contributed by atoms with van der Waals surface area (Å²) in [5, 5.41) is 20.8. The number of methoxy groups -OCH3 is 1. The van der Waals surface area contributed by atoms with Gasteiger partial charge in [-0.25, -0.2) is 9.97 Å². The Morgan fingerprint density at radius 3 is 1.66 bits per heavy atom. The van der Waals surface area contributed by atoms with Crippen LogP contribution in [-0.4, -0.2) is 75.6 Å². The van der Waals surface area contributed by atoms with Crippen molar-refractivity contribution in [1.29, 1.82) is 5.26 Å². The van der Waals surface area contributed by atoms with E-state index in [1.807, 2.05) is 48.7 Å². The lowest BCUT2D eigenvalue weighted by molar-refractivity contribution is -0.132. The molecule has 2 fully saturated rings. The lowest BCUT2D eigenvalue weighted by Gasteiger charge is -2.15. The van der Waals surface area contributed by atoms with Crippen LogP contribution in [-0.2, 0) is 0 Å². The summed E-state index contributed by atoms with van der Waals surface area (Å²) in [5.74, 6) is 0.787. The zero-order valence-electron chi connectivity index (χ0n) is 38.0. The molecular weight excluding hydrogens is 985 g/mol. The number of nitrogens with one attached hydrogen (secondary N) is 4. The number of benzene rings is 5. The lowest BCUT2D eigenvalue weighted by Crippen LogP contribution is -2.26. The number of aryl methyl sites for hydroxylation is 2. The standard InChI is InChI=1S/C29H26F3N5O3.C21H20BrF3N4O/c1-17-11-20(6-7-22(17)28(38)36-19-4-5-19)37-16-35-27-23(34-10-9-29(30,31)32)13-21(14-24(27)37)40-25-8-3-18(15-33)12-26(25)39-2;1-12-8-15(4-5-16(12)20(30)28-14-2-3-14)29-11-27-19-17(9-13(22)10-18(19)29)26-7-6-21(23,24)25/h3,6-8,11-14,16,19,34H,4-5,9-10H2,1-2H3,(H,36,38);4-5,8-11,14,26H,2-3,6-7H2,1H3,(H,28,30). The smallest absolute Gasteiger partial charge is 0.390 e. The highest BCUT2D eigenvalue weighted by atomic mass is 79.9. The summed E-state index contributed by atoms with van der Waals surface area (Å²) >= 11 is 3.42. The van der Waals surface area contributed by atoms with Crippen molar-refractivity contribution in [3.8, 4) is 34.7 Å². The van der Waals surface area contributed by atoms with E-state index >= 15 is 0 Å². The quantitative estimate of drug-likeness (QED) is 0.0733. The SMILES string of the molecule is COc1cc(C#N)ccc1Oc1cc(NCCC(F)(F)F)c2ncn(-c3ccc(C(=O)NC4CC4)c(C)c3)c2c1.Cc1cc(-n2cnc3c(NCCC(F)(F)F)cc(Br)cc32)ccc1C(=O)NC1CC1. The molecule has 2 aliphatic carbocycles. The number of halogens is 7. The van der Waals surface area contributed by atoms with Crippen LogP contribution in [0.2, 0.25) is 0 Å². The van der Waals surface area contributed by atoms with Gasteiger partial charge in [0.25, 0.3) is 11.8 Å². The molecule has 0 spiro atoms. The number of carbonyl (C=O) groups is 2. The largest absolute Gasteiger partial charge is 0.493 e. The van der Waals surface area contributed by atoms with Crippen LogP contribution in [0.15, 0.2) is 96.0 Å². The van der Waals surface area contributed by atoms with Gasteiger partial charge in [-0.3, -0.25) is 18.7 Å². The first-order valence-electron chi connectivity index (χ1n) is 22.2. The number of hydrogen-bond acceptors (Lipinski definition) is 9. The van der Waals surface area contributed by atoms with Crippen molar-refractivity contribution < 1.29 is 45.4 Å². The van der Waals surface area contributed by atoms with Crippen molar-refractivity contribution in [3.63, 3.8) is 0 Å². The van der Waals surface area contributed by atoms with Crippen molar-refractivity contribution in [2.75, 3.05) is 30.8 Å². The van der Waals surface area contributed by atoms with Crippen molar-refractivity contribution >= 4 is 61.2 Å². The fourth-order valence-electron chi connectivity index (χ4n) is 7.62. The molecule has 2 aliphatic rings. The predicted octanol–water partition coefficient (Wildman–Crippen LogP) is 11.6. The maximum Gasteiger partial charge on any atom is 0.390 e. The number of amides is 2. The summed E-state index contributed by atoms with van der Waals surface area (Å²) in [5.41, 5.74) is 7.98. The van der Waals surface area contributed by atoms with Crippen LogP contribution < -0.4 is 30.7 Å². The van der Waals surface area contributed by atoms with Crippen LogP contribution in [0.25, 0.3) is 33.4 Å². The molecule has 0 atom stereocenters. The van der Waals surface area contributed by atoms with E-state index in [4.69, 9.17) is 9.47 Å². The first-order chi connectivity index (χ1) is 33.4. The first-order valence-corrected chi connectivity index (χ1v) is 23.0. The monoisotopic (exact) mass is 1030 g/mol. The topological polar surface area (TPSA) is 160 Å². The second-order valence-electron chi connectivity index (χ2n) is 17.0. The van der Waals surface area contributed by atoms with Gasteiger partial charge in [0.1, 0.15) is 29.4 Å². The summed E-state index contributed by atoms with van der Waals surface area (Å²) in [6, 6.07) is 25.1. The molecule has 20 heteroatoms. The number of imidazole rings is 2. The van der Waals surface area contributed by atoms with Gasteiger partial charge in [0, 0.05) is 70.3 Å². The maximum absolute atomic E-state index is 12.9. The summed E-state index contributed by atoms with van der Waals surface area (Å²) in [7, 11) is 1.45. The molecule has 364 valence electrons. The molecule has 2 saturated carbocycles. The molecule has 0 bridgehead atoms. The Bertz CT molecular complexity index is 3140. The predicted molar refractivity (Wildman–Crippen MR) is 256 cm³/mol. The van der Waals surface area contributed by atoms with E-state index in [9.17, 15) is 41.2 Å². The van der Waals surface area contributed by atoms with Crippen LogP contribution >= 0.6 is 15.9 Å². The minimum Gasteiger partial charge on any atom is -0.493 e. The summed E-state index contributed by atoms with van der Waals surface area (Å²) in [4.78, 5) is 33.8. The third-order valence-electron chi connectivity index (χ3n) is 11.5. The highest BCUT2D eigenvalue weighted by Gasteiger charge is 2.29. The summed E-state index contributed by atoms with van der Waals surface area (Å²) in [6.45, 7) is 3.15. The summed E-state index contributed by atoms with van der Waals surface area (Å²) in [6.07, 6.45) is -3.25. The second-order valence-corrected chi connectivity index (χ2v) is 18.0. The van der Waals surface area contributed by atoms with Gasteiger partial charge in [-0.1, -0.05) is 15.9 Å². The van der Waals surface area contributed by atoms with Gasteiger partial charge in [0.15, 0.2) is 11.5 Å². The zero-order valence-corrected chi connectivity index (χ0v) is 39.6. The van der Waals surface area contributed by atoms with Crippen LogP contribution in [0.5, 0.6) is 17.2 Å². The molecule has 0 radical (unpaired) electrons. The minimum absolute atomic E-state index is 0.0732. The van der Waals surface area contributed by atoms with Gasteiger partial charge in [-0.2, -0.15) is 31.6 Å². The number of hydrogen-bond donors (Lipinski definition) is 4. The third-order valence-corrected chi connectivity index (χ3v) is 12.0. The Hall–Kier alpha value is -7.27. The van der Waals surface area contributed by atoms with Gasteiger partial charge in [-0.15, -0.1) is 0 Å². The number of nitriles is 1. The van der Waals surface area contributed by atoms with E-state index in [0.717, 1.165) is 58.2 Å². The average Bonchev–Trinajstić information content (AvgIpc) is 4.22. The number of ether oxygens (including phenoxy) is 2. The Morgan fingerprint density at radius 2 is 1.20 bits per heavy atom. The Morgan fingerprint density at radius 1 is 0.700 bits per heavy atom. The molecule has 5 aromatic carbocycles. The molecule has 70 heavy (non-hydrogen) atoms. The van der Waals surface area contributed by atoms with E-state index in [1.54, 1.807) is 65.8 Å². The number of nitrogens with zero attached hydrogens (tertiary/aromatic N) is 5. The molecule has 2 amide bonds. The highest BCUT2D eigenvalue weighted by molar-refractivity contribution is 9.10. The van der Waals surface area contributed by atoms with E-state index in [0.29, 0.717) is 61.9 Å². The Kier molecular flexibility index (Phi) is 14.3. The molecule has 4 N–H and O–H groups in total. The van der Waals surface area contributed by atoms with Crippen molar-refractivity contribution in [1.82, 2.24) is 29.7 Å². The normalized spacial score (nSPS) is 13.6. The molecule has 0 saturated heterocycles. The van der Waals surface area contributed by atoms with Gasteiger partial charge in [-0.05, 0) is 111 Å². The van der Waals surface area contributed by atoms with E-state index in [2.05, 4.69) is 47.2 Å². The fraction of sp³-hybridized carbons (Fsp3) is 0.300. The van der Waals surface area contributed by atoms with Crippen LogP contribution in [0.3, 0.4) is 0 Å². The Labute approximate surface area is 406 Å². The van der Waals surface area contributed by atoms with Crippen molar-refractivity contribution in [3.05, 3.63) is 124 Å². The molecule has 9 rings (SSSR count). The van der Waals surface area contributed by atoms with Gasteiger partial charge in [0.2, 0.25) is 0 Å². The molecule has 0 aliphatic heterocycles. The number of alkyl halides is 6. The Balaban J connectivity index is 0.000000196. The summed E-state index contributed by atoms with van der Waals surface area (Å²) < 4.78 is 91.8. The lowest BCUT2D eigenvalue weighted by atomic mass is 10.1. The number of anilines is 2. The number of carbonyl (C=O) groups excluding carboxylic acids is 2. The van der Waals surface area contributed by atoms with Gasteiger partial charge in [0.05, 0.1) is 54.0 Å². The molecule has 13 nitrogen and oxygen atoms in total. The van der Waals surface area contributed by atoms with Gasteiger partial charge >= 0.3 is 12.4 Å². The molecule has 0 unspecified atom stereocenters. The van der Waals surface area contributed by atoms with E-state index < -0.39 is 25.2 Å². The third kappa shape index (κ3) is 12.1. The zero-order chi connectivity index (χ0) is 49.9. The van der Waals surface area contributed by atoms with E-state index in [-0.39, 0.29) is 37.0 Å². The molecule has 7 aromatic rings. The van der Waals surface area contributed by atoms with Crippen LogP contribution in [0.4, 0.5) is 37.7 Å². The number of rotatable bonds is 15. The first kappa shape index (κ1) is 49.2. The highest BCUT2D eigenvalue weighted by Crippen LogP contribution is 2.38. The van der Waals surface area contributed by atoms with Crippen molar-refractivity contribution in [2.45, 2.75) is 76.8 Å². The van der Waals surface area contributed by atoms with Crippen molar-refractivity contribution in [2.24, 2.45) is 0 Å². The molecular formula is C50H46BrF6N9O4. The number of fused-ring (bicyclic) bond motifs is 2. The van der Waals surface area contributed by atoms with E-state index in [1.165, 1.54) is 13.2 Å². The molecule has 2 heterocycles. The fourth-order valence-corrected chi connectivity index (χ4v) is 8.07. The second kappa shape index (κ2) is 20.4. The van der Waals surface area contributed by atoms with Gasteiger partial charge < -0.3 is 30.7 Å². The average molecular weight is 1030 g/mol. The maximum atomic E-state index is 12.9. The van der Waals surface area contributed by atoms with Crippen LogP contribution in [0.1, 0.15) is 75.9 Å². The molecule has 2 aromatic heterocycles. The van der Waals surface area contributed by atoms with Crippen LogP contribution in [0, 0.1) is 25.2 Å². The minimum atomic E-state index is -4.32.